The van der Waals surface area contributed by atoms with Crippen LogP contribution in [0.4, 0.5) is 0 Å². The molecule has 0 aromatic heterocycles. The lowest BCUT2D eigenvalue weighted by atomic mass is 10.0. The first-order chi connectivity index (χ1) is 15.7. The minimum Gasteiger partial charge on any atom is -0.507 e. The third kappa shape index (κ3) is 5.61. The van der Waals surface area contributed by atoms with Crippen molar-refractivity contribution in [2.45, 2.75) is 45.3 Å². The predicted molar refractivity (Wildman–Crippen MR) is 117 cm³/mol. The number of aliphatic carboxylic acids is 1. The number of carboxylic acids is 1. The zero-order valence-electron chi connectivity index (χ0n) is 18.4. The Morgan fingerprint density at radius 1 is 1.18 bits per heavy atom. The van der Waals surface area contributed by atoms with Crippen LogP contribution in [-0.4, -0.2) is 58.3 Å². The van der Waals surface area contributed by atoms with E-state index in [2.05, 4.69) is 0 Å². The van der Waals surface area contributed by atoms with E-state index in [4.69, 9.17) is 19.3 Å². The first-order valence-corrected chi connectivity index (χ1v) is 10.6. The van der Waals surface area contributed by atoms with Crippen LogP contribution in [0.25, 0.3) is 0 Å². The van der Waals surface area contributed by atoms with Gasteiger partial charge in [0.15, 0.2) is 11.6 Å². The first kappa shape index (κ1) is 24.1. The molecule has 0 spiro atoms. The molecule has 9 heteroatoms. The minimum atomic E-state index is -1.25. The van der Waals surface area contributed by atoms with Gasteiger partial charge in [0.1, 0.15) is 42.3 Å². The molecule has 0 saturated carbocycles. The number of carboxylic acid groups (broad SMARTS) is 1. The molecule has 2 aromatic rings. The van der Waals surface area contributed by atoms with Crippen molar-refractivity contribution in [2.24, 2.45) is 0 Å². The summed E-state index contributed by atoms with van der Waals surface area (Å²) in [5.74, 6) is -1.14. The molecule has 0 saturated heterocycles. The molecule has 0 bridgehead atoms. The van der Waals surface area contributed by atoms with Gasteiger partial charge in [0.05, 0.1) is 17.5 Å². The summed E-state index contributed by atoms with van der Waals surface area (Å²) < 4.78 is 16.6. The van der Waals surface area contributed by atoms with Crippen LogP contribution in [0.2, 0.25) is 0 Å². The zero-order valence-corrected chi connectivity index (χ0v) is 18.4. The van der Waals surface area contributed by atoms with Gasteiger partial charge in [-0.3, -0.25) is 9.59 Å². The van der Waals surface area contributed by atoms with Gasteiger partial charge >= 0.3 is 5.97 Å². The number of ether oxygens (including phenoxy) is 3. The number of hydrogen-bond donors (Lipinski definition) is 3. The molecule has 9 nitrogen and oxygen atoms in total. The minimum absolute atomic E-state index is 0.115. The van der Waals surface area contributed by atoms with Crippen LogP contribution in [0.1, 0.15) is 53.0 Å². The summed E-state index contributed by atoms with van der Waals surface area (Å²) in [6, 6.07) is 7.50. The summed E-state index contributed by atoms with van der Waals surface area (Å²) >= 11 is 0. The van der Waals surface area contributed by atoms with Crippen molar-refractivity contribution in [2.75, 3.05) is 13.2 Å². The van der Waals surface area contributed by atoms with Gasteiger partial charge in [-0.15, -0.1) is 0 Å². The van der Waals surface area contributed by atoms with Gasteiger partial charge < -0.3 is 29.5 Å². The SMILES string of the molecule is CCCc1c(OCC(O)COc2ccc3c(c2)OC(C(=O)O)CC3=O)ccc(C(C)=O)c1O. The predicted octanol–water partition coefficient (Wildman–Crippen LogP) is 2.78. The number of aliphatic hydroxyl groups is 1. The van der Waals surface area contributed by atoms with Gasteiger partial charge in [0, 0.05) is 11.6 Å². The molecule has 1 aliphatic heterocycles. The standard InChI is InChI=1S/C24H26O9/c1-3-4-18-20(8-7-16(13(2)25)23(18)28)32-12-14(26)11-31-15-5-6-17-19(27)10-22(24(29)30)33-21(17)9-15/h5-9,14,22,26,28H,3-4,10-12H2,1-2H3,(H,29,30). The van der Waals surface area contributed by atoms with Crippen molar-refractivity contribution in [1.29, 1.82) is 0 Å². The number of benzene rings is 2. The molecular formula is C24H26O9. The number of carbonyl (C=O) groups is 3. The van der Waals surface area contributed by atoms with Crippen LogP contribution < -0.4 is 14.2 Å². The molecule has 0 amide bonds. The summed E-state index contributed by atoms with van der Waals surface area (Å²) in [6.45, 7) is 3.03. The Labute approximate surface area is 190 Å². The molecule has 3 N–H and O–H groups in total. The van der Waals surface area contributed by atoms with E-state index in [-0.39, 0.29) is 53.8 Å². The topological polar surface area (TPSA) is 140 Å². The second kappa shape index (κ2) is 10.4. The monoisotopic (exact) mass is 458 g/mol. The molecule has 1 heterocycles. The average molecular weight is 458 g/mol. The number of fused-ring (bicyclic) bond motifs is 1. The second-order valence-corrected chi connectivity index (χ2v) is 7.75. The molecule has 0 fully saturated rings. The van der Waals surface area contributed by atoms with Gasteiger partial charge in [0.25, 0.3) is 0 Å². The number of rotatable bonds is 10. The molecule has 0 radical (unpaired) electrons. The van der Waals surface area contributed by atoms with Gasteiger partial charge in [-0.25, -0.2) is 4.79 Å². The highest BCUT2D eigenvalue weighted by Crippen LogP contribution is 2.33. The molecule has 3 rings (SSSR count). The van der Waals surface area contributed by atoms with E-state index in [9.17, 15) is 24.6 Å². The largest absolute Gasteiger partial charge is 0.507 e. The summed E-state index contributed by atoms with van der Waals surface area (Å²) in [6.07, 6.45) is -1.29. The maximum atomic E-state index is 12.1. The molecular weight excluding hydrogens is 432 g/mol. The summed E-state index contributed by atoms with van der Waals surface area (Å²) in [5, 5.41) is 29.8. The molecule has 1 aliphatic rings. The summed E-state index contributed by atoms with van der Waals surface area (Å²) in [4.78, 5) is 34.9. The van der Waals surface area contributed by atoms with E-state index >= 15 is 0 Å². The third-order valence-electron chi connectivity index (χ3n) is 5.16. The van der Waals surface area contributed by atoms with E-state index in [1.807, 2.05) is 6.92 Å². The van der Waals surface area contributed by atoms with Crippen LogP contribution in [0.5, 0.6) is 23.0 Å². The van der Waals surface area contributed by atoms with Crippen LogP contribution in [0.15, 0.2) is 30.3 Å². The Morgan fingerprint density at radius 2 is 1.91 bits per heavy atom. The van der Waals surface area contributed by atoms with Crippen LogP contribution in [-0.2, 0) is 11.2 Å². The molecule has 33 heavy (non-hydrogen) atoms. The zero-order chi connectivity index (χ0) is 24.1. The van der Waals surface area contributed by atoms with Crippen molar-refractivity contribution < 1.29 is 43.9 Å². The molecule has 2 aromatic carbocycles. The van der Waals surface area contributed by atoms with Crippen molar-refractivity contribution >= 4 is 17.5 Å². The number of carbonyl (C=O) groups excluding carboxylic acids is 2. The van der Waals surface area contributed by atoms with Gasteiger partial charge in [-0.2, -0.15) is 0 Å². The van der Waals surface area contributed by atoms with Gasteiger partial charge in [-0.05, 0) is 37.6 Å². The van der Waals surface area contributed by atoms with Gasteiger partial charge in [-0.1, -0.05) is 13.3 Å². The summed E-state index contributed by atoms with van der Waals surface area (Å²) in [5.41, 5.74) is 0.997. The lowest BCUT2D eigenvalue weighted by Gasteiger charge is -2.23. The summed E-state index contributed by atoms with van der Waals surface area (Å²) in [7, 11) is 0. The average Bonchev–Trinajstić information content (AvgIpc) is 2.77. The van der Waals surface area contributed by atoms with E-state index in [0.29, 0.717) is 23.5 Å². The normalized spacial score (nSPS) is 15.8. The Hall–Kier alpha value is -3.59. The van der Waals surface area contributed by atoms with E-state index in [1.165, 1.54) is 31.2 Å². The highest BCUT2D eigenvalue weighted by Gasteiger charge is 2.31. The fourth-order valence-corrected chi connectivity index (χ4v) is 3.49. The third-order valence-corrected chi connectivity index (χ3v) is 5.16. The van der Waals surface area contributed by atoms with E-state index in [1.54, 1.807) is 6.07 Å². The number of phenolic OH excluding ortho intramolecular Hbond substituents is 1. The van der Waals surface area contributed by atoms with Crippen LogP contribution in [0.3, 0.4) is 0 Å². The Bertz CT molecular complexity index is 1060. The molecule has 0 aliphatic carbocycles. The van der Waals surface area contributed by atoms with Crippen molar-refractivity contribution in [3.8, 4) is 23.0 Å². The number of hydrogen-bond acceptors (Lipinski definition) is 8. The smallest absolute Gasteiger partial charge is 0.345 e. The molecule has 2 atom stereocenters. The number of aliphatic hydroxyl groups excluding tert-OH is 1. The Balaban J connectivity index is 1.62. The van der Waals surface area contributed by atoms with Gasteiger partial charge in [0.2, 0.25) is 6.10 Å². The lowest BCUT2D eigenvalue weighted by Crippen LogP contribution is -2.33. The first-order valence-electron chi connectivity index (χ1n) is 10.6. The highest BCUT2D eigenvalue weighted by atomic mass is 16.5. The second-order valence-electron chi connectivity index (χ2n) is 7.75. The molecule has 2 unspecified atom stereocenters. The maximum absolute atomic E-state index is 12.1. The Kier molecular flexibility index (Phi) is 7.55. The van der Waals surface area contributed by atoms with Crippen LogP contribution in [0, 0.1) is 0 Å². The van der Waals surface area contributed by atoms with Crippen molar-refractivity contribution in [3.05, 3.63) is 47.0 Å². The van der Waals surface area contributed by atoms with Crippen LogP contribution >= 0.6 is 0 Å². The maximum Gasteiger partial charge on any atom is 0.345 e. The quantitative estimate of drug-likeness (QED) is 0.459. The van der Waals surface area contributed by atoms with E-state index < -0.39 is 18.2 Å². The fraction of sp³-hybridized carbons (Fsp3) is 0.375. The fourth-order valence-electron chi connectivity index (χ4n) is 3.49. The highest BCUT2D eigenvalue weighted by molar-refractivity contribution is 6.02. The number of phenols is 1. The number of aromatic hydroxyl groups is 1. The number of Topliss-reactive ketones (excluding diaryl/α,β-unsaturated/α-hetero) is 2. The Morgan fingerprint density at radius 3 is 2.58 bits per heavy atom. The van der Waals surface area contributed by atoms with E-state index in [0.717, 1.165) is 6.42 Å². The lowest BCUT2D eigenvalue weighted by molar-refractivity contribution is -0.145. The number of ketones is 2. The molecule has 176 valence electrons. The van der Waals surface area contributed by atoms with Crippen molar-refractivity contribution in [1.82, 2.24) is 0 Å². The van der Waals surface area contributed by atoms with Crippen molar-refractivity contribution in [3.63, 3.8) is 0 Å².